The van der Waals surface area contributed by atoms with Gasteiger partial charge in [0.2, 0.25) is 11.8 Å². The van der Waals surface area contributed by atoms with Crippen LogP contribution in [0.5, 0.6) is 5.75 Å². The number of H-pyrrole nitrogens is 1. The fraction of sp³-hybridized carbons (Fsp3) is 0.324. The number of benzene rings is 2. The minimum absolute atomic E-state index is 0.0139. The number of aromatic amines is 1. The highest BCUT2D eigenvalue weighted by Gasteiger charge is 2.25. The molecule has 0 saturated carbocycles. The van der Waals surface area contributed by atoms with Crippen LogP contribution in [0.4, 0.5) is 23.7 Å². The lowest BCUT2D eigenvalue weighted by molar-refractivity contribution is -0.123. The second-order valence-corrected chi connectivity index (χ2v) is 11.5. The molecule has 4 rings (SSSR count). The summed E-state index contributed by atoms with van der Waals surface area (Å²) in [7, 11) is 4.61. The Morgan fingerprint density at radius 2 is 1.90 bits per heavy atom. The number of imidazole rings is 1. The third kappa shape index (κ3) is 9.95. The van der Waals surface area contributed by atoms with Crippen LogP contribution >= 0.6 is 0 Å². The van der Waals surface area contributed by atoms with Gasteiger partial charge in [-0.25, -0.2) is 22.9 Å². The first-order valence-corrected chi connectivity index (χ1v) is 15.5. The number of methoxy groups -OCH3 is 1. The highest BCUT2D eigenvalue weighted by molar-refractivity contribution is 5.93. The topological polar surface area (TPSA) is 159 Å². The SMILES string of the molecule is COCCN(C[C@H](CC/C=C/C(=O)N(C)C)C(=O)Nc1cccn(Cc2nc3cc(F)cc(OCc4ccc(F)cc4F)c3[nH]2)c1=O)C(=O)O. The first-order valence-electron chi connectivity index (χ1n) is 15.5. The highest BCUT2D eigenvalue weighted by atomic mass is 19.1. The van der Waals surface area contributed by atoms with Crippen LogP contribution in [-0.2, 0) is 27.5 Å². The minimum atomic E-state index is -1.25. The summed E-state index contributed by atoms with van der Waals surface area (Å²) in [5.74, 6) is -3.73. The zero-order valence-electron chi connectivity index (χ0n) is 27.6. The van der Waals surface area contributed by atoms with E-state index in [2.05, 4.69) is 15.3 Å². The number of fused-ring (bicyclic) bond motifs is 1. The van der Waals surface area contributed by atoms with Gasteiger partial charge in [0.05, 0.1) is 24.6 Å². The van der Waals surface area contributed by atoms with Crippen molar-refractivity contribution in [3.8, 4) is 5.75 Å². The molecule has 50 heavy (non-hydrogen) atoms. The molecule has 0 fully saturated rings. The standard InChI is InChI=1S/C34H37F3N6O7/c1-41(2)30(44)9-5-4-7-21(18-43(34(47)48)13-14-49-3)32(45)39-26-8-6-12-42(33(26)46)19-29-38-27-16-24(36)17-28(31(27)40-29)50-20-22-10-11-23(35)15-25(22)37/h5-6,8-12,15-17,21H,4,7,13-14,18-20H2,1-3H3,(H,38,40)(H,39,45)(H,47,48)/b9-5+/t21-/m0/s1. The largest absolute Gasteiger partial charge is 0.486 e. The van der Waals surface area contributed by atoms with E-state index >= 15 is 0 Å². The Morgan fingerprint density at radius 1 is 1.12 bits per heavy atom. The number of nitrogens with zero attached hydrogens (tertiary/aromatic N) is 4. The summed E-state index contributed by atoms with van der Waals surface area (Å²) >= 11 is 0. The Kier molecular flexibility index (Phi) is 12.8. The molecule has 0 spiro atoms. The average Bonchev–Trinajstić information content (AvgIpc) is 3.47. The lowest BCUT2D eigenvalue weighted by Gasteiger charge is -2.24. The van der Waals surface area contributed by atoms with Crippen LogP contribution in [0, 0.1) is 23.4 Å². The third-order valence-electron chi connectivity index (χ3n) is 7.60. The van der Waals surface area contributed by atoms with Crippen molar-refractivity contribution in [2.24, 2.45) is 5.92 Å². The van der Waals surface area contributed by atoms with Crippen molar-refractivity contribution < 1.29 is 42.1 Å². The van der Waals surface area contributed by atoms with E-state index in [0.717, 1.165) is 23.1 Å². The molecule has 0 radical (unpaired) electrons. The van der Waals surface area contributed by atoms with Crippen molar-refractivity contribution in [1.29, 1.82) is 0 Å². The number of nitrogens with one attached hydrogen (secondary N) is 2. The Balaban J connectivity index is 1.52. The van der Waals surface area contributed by atoms with E-state index in [0.29, 0.717) is 6.07 Å². The normalized spacial score (nSPS) is 11.9. The average molecular weight is 699 g/mol. The summed E-state index contributed by atoms with van der Waals surface area (Å²) in [6.07, 6.45) is 3.62. The number of halogens is 3. The molecule has 13 nitrogen and oxygen atoms in total. The number of likely N-dealkylation sites (N-methyl/N-ethyl adjacent to an activating group) is 1. The van der Waals surface area contributed by atoms with Gasteiger partial charge in [0.1, 0.15) is 46.8 Å². The molecule has 1 atom stereocenters. The predicted molar refractivity (Wildman–Crippen MR) is 177 cm³/mol. The number of carbonyl (C=O) groups is 3. The molecule has 266 valence electrons. The Morgan fingerprint density at radius 3 is 2.60 bits per heavy atom. The maximum Gasteiger partial charge on any atom is 0.407 e. The van der Waals surface area contributed by atoms with Gasteiger partial charge in [0, 0.05) is 64.3 Å². The molecule has 0 bridgehead atoms. The maximum atomic E-state index is 14.4. The molecule has 0 unspecified atom stereocenters. The van der Waals surface area contributed by atoms with E-state index in [1.807, 2.05) is 0 Å². The van der Waals surface area contributed by atoms with Gasteiger partial charge in [-0.15, -0.1) is 0 Å². The summed E-state index contributed by atoms with van der Waals surface area (Å²) in [4.78, 5) is 60.5. The molecule has 2 aromatic carbocycles. The number of carbonyl (C=O) groups excluding carboxylic acids is 2. The molecular weight excluding hydrogens is 661 g/mol. The van der Waals surface area contributed by atoms with E-state index in [-0.39, 0.29) is 85.5 Å². The molecule has 2 heterocycles. The Hall–Kier alpha value is -5.64. The van der Waals surface area contributed by atoms with Gasteiger partial charge in [-0.05, 0) is 43.2 Å². The highest BCUT2D eigenvalue weighted by Crippen LogP contribution is 2.27. The number of carboxylic acid groups (broad SMARTS) is 1. The zero-order chi connectivity index (χ0) is 36.4. The van der Waals surface area contributed by atoms with Crippen LogP contribution in [0.25, 0.3) is 11.0 Å². The second kappa shape index (κ2) is 17.1. The van der Waals surface area contributed by atoms with Crippen molar-refractivity contribution >= 4 is 34.6 Å². The van der Waals surface area contributed by atoms with Crippen molar-refractivity contribution in [1.82, 2.24) is 24.3 Å². The zero-order valence-corrected chi connectivity index (χ0v) is 27.6. The van der Waals surface area contributed by atoms with Crippen LogP contribution in [0.2, 0.25) is 0 Å². The molecule has 3 N–H and O–H groups in total. The fourth-order valence-electron chi connectivity index (χ4n) is 4.90. The van der Waals surface area contributed by atoms with Crippen molar-refractivity contribution in [2.75, 3.05) is 46.2 Å². The van der Waals surface area contributed by atoms with Gasteiger partial charge in [0.15, 0.2) is 0 Å². The molecule has 0 saturated heterocycles. The number of ether oxygens (including phenoxy) is 2. The summed E-state index contributed by atoms with van der Waals surface area (Å²) in [6, 6.07) is 8.17. The molecule has 0 aliphatic carbocycles. The van der Waals surface area contributed by atoms with Gasteiger partial charge in [-0.1, -0.05) is 6.08 Å². The van der Waals surface area contributed by atoms with Gasteiger partial charge < -0.3 is 39.2 Å². The van der Waals surface area contributed by atoms with Gasteiger partial charge in [-0.3, -0.25) is 14.4 Å². The molecule has 16 heteroatoms. The van der Waals surface area contributed by atoms with Crippen LogP contribution in [0.3, 0.4) is 0 Å². The fourth-order valence-corrected chi connectivity index (χ4v) is 4.90. The van der Waals surface area contributed by atoms with Crippen LogP contribution in [-0.4, -0.2) is 88.3 Å². The van der Waals surface area contributed by atoms with Gasteiger partial charge in [-0.2, -0.15) is 0 Å². The molecule has 0 aliphatic heterocycles. The number of anilines is 1. The molecule has 4 aromatic rings. The number of hydrogen-bond donors (Lipinski definition) is 3. The molecule has 0 aliphatic rings. The lowest BCUT2D eigenvalue weighted by atomic mass is 10.0. The van der Waals surface area contributed by atoms with E-state index < -0.39 is 40.9 Å². The summed E-state index contributed by atoms with van der Waals surface area (Å²) in [5, 5.41) is 12.3. The van der Waals surface area contributed by atoms with Crippen LogP contribution in [0.15, 0.2) is 65.6 Å². The number of aromatic nitrogens is 3. The molecule has 3 amide bonds. The van der Waals surface area contributed by atoms with E-state index in [1.165, 1.54) is 47.0 Å². The van der Waals surface area contributed by atoms with E-state index in [1.54, 1.807) is 20.2 Å². The number of allylic oxidation sites excluding steroid dienone is 1. The number of amides is 3. The van der Waals surface area contributed by atoms with Crippen LogP contribution in [0.1, 0.15) is 24.2 Å². The Bertz CT molecular complexity index is 1930. The van der Waals surface area contributed by atoms with E-state index in [9.17, 15) is 37.5 Å². The van der Waals surface area contributed by atoms with Crippen molar-refractivity contribution in [2.45, 2.75) is 26.0 Å². The van der Waals surface area contributed by atoms with Crippen LogP contribution < -0.4 is 15.6 Å². The van der Waals surface area contributed by atoms with Crippen molar-refractivity contribution in [3.63, 3.8) is 0 Å². The number of hydrogen-bond acceptors (Lipinski definition) is 7. The lowest BCUT2D eigenvalue weighted by Crippen LogP contribution is -2.41. The van der Waals surface area contributed by atoms with Gasteiger partial charge >= 0.3 is 6.09 Å². The molecular formula is C34H37F3N6O7. The summed E-state index contributed by atoms with van der Waals surface area (Å²) in [5.41, 5.74) is -0.167. The summed E-state index contributed by atoms with van der Waals surface area (Å²) < 4.78 is 53.7. The first-order chi connectivity index (χ1) is 23.9. The first kappa shape index (κ1) is 37.2. The van der Waals surface area contributed by atoms with Crippen molar-refractivity contribution in [3.05, 3.63) is 100 Å². The predicted octanol–water partition coefficient (Wildman–Crippen LogP) is 4.37. The molecule has 2 aromatic heterocycles. The second-order valence-electron chi connectivity index (χ2n) is 11.5. The Labute approximate surface area is 284 Å². The third-order valence-corrected chi connectivity index (χ3v) is 7.60. The minimum Gasteiger partial charge on any atom is -0.486 e. The quantitative estimate of drug-likeness (QED) is 0.146. The van der Waals surface area contributed by atoms with Gasteiger partial charge in [0.25, 0.3) is 5.56 Å². The summed E-state index contributed by atoms with van der Waals surface area (Å²) in [6.45, 7) is -0.504. The number of rotatable bonds is 16. The smallest absolute Gasteiger partial charge is 0.407 e. The maximum absolute atomic E-state index is 14.4. The number of pyridine rings is 1. The van der Waals surface area contributed by atoms with E-state index in [4.69, 9.17) is 9.47 Å². The monoisotopic (exact) mass is 698 g/mol.